The standard InChI is InChI=1S/C76H143NO13/c1-3-5-7-9-11-13-15-17-19-21-23-25-27-29-30-31-32-33-34-36-38-40-42-44-46-48-50-52-54-56-58-60-68(81)77-64(63-87-75-73(86)71(84)74(67(62-79)89-75)90-76-72(85)70(83)69(82)66(61-78)88-76)65(80)59-57-55-53-51-49-47-45-43-41-39-37-35-28-26-24-22-20-18-16-14-12-10-8-6-4-2/h15,17,21,23,27,29,64-67,69-76,78-80,82-86H,3-14,16,18-20,22,24-26,28,30-63H2,1-2H3,(H,77,81)/b17-15-,23-21-,29-27-. The average molecular weight is 1280 g/mol. The van der Waals surface area contributed by atoms with Crippen LogP contribution in [0.2, 0.25) is 0 Å². The summed E-state index contributed by atoms with van der Waals surface area (Å²) in [5.41, 5.74) is 0. The van der Waals surface area contributed by atoms with Crippen molar-refractivity contribution in [3.63, 3.8) is 0 Å². The summed E-state index contributed by atoms with van der Waals surface area (Å²) in [7, 11) is 0. The Hall–Kier alpha value is -1.79. The fourth-order valence-electron chi connectivity index (χ4n) is 12.8. The van der Waals surface area contributed by atoms with Crippen LogP contribution in [0, 0.1) is 0 Å². The van der Waals surface area contributed by atoms with Gasteiger partial charge in [-0.2, -0.15) is 0 Å². The number of aliphatic hydroxyl groups is 8. The number of aliphatic hydroxyl groups excluding tert-OH is 8. The van der Waals surface area contributed by atoms with Crippen LogP contribution in [0.15, 0.2) is 36.5 Å². The van der Waals surface area contributed by atoms with Crippen LogP contribution in [0.3, 0.4) is 0 Å². The van der Waals surface area contributed by atoms with E-state index in [1.807, 2.05) is 0 Å². The number of allylic oxidation sites excluding steroid dienone is 6. The van der Waals surface area contributed by atoms with Crippen LogP contribution in [-0.2, 0) is 23.7 Å². The summed E-state index contributed by atoms with van der Waals surface area (Å²) in [5, 5.41) is 87.8. The SMILES string of the molecule is CCCCCCC/C=C\C/C=C\C/C=C\CCCCCCCCCCCCCCCCCCC(=O)NC(COC1OC(CO)C(OC2OC(CO)C(O)C(O)C2O)C(O)C1O)C(O)CCCCCCCCCCCCCCCCCCCCCCCCCCC. The van der Waals surface area contributed by atoms with Crippen molar-refractivity contribution in [3.8, 4) is 0 Å². The number of nitrogens with one attached hydrogen (secondary N) is 1. The molecular formula is C76H143NO13. The molecule has 0 radical (unpaired) electrons. The molecule has 530 valence electrons. The highest BCUT2D eigenvalue weighted by molar-refractivity contribution is 5.76. The average Bonchev–Trinajstić information content (AvgIpc) is 1.42. The van der Waals surface area contributed by atoms with Crippen molar-refractivity contribution < 1.29 is 64.6 Å². The van der Waals surface area contributed by atoms with Crippen LogP contribution in [-0.4, -0.2) is 140 Å². The molecule has 2 aliphatic rings. The van der Waals surface area contributed by atoms with Gasteiger partial charge in [0.25, 0.3) is 0 Å². The molecule has 12 atom stereocenters. The number of unbranched alkanes of at least 4 members (excludes halogenated alkanes) is 45. The first-order chi connectivity index (χ1) is 44.1. The van der Waals surface area contributed by atoms with Crippen molar-refractivity contribution in [2.24, 2.45) is 0 Å². The summed E-state index contributed by atoms with van der Waals surface area (Å²) in [4.78, 5) is 13.4. The van der Waals surface area contributed by atoms with E-state index in [9.17, 15) is 45.6 Å². The van der Waals surface area contributed by atoms with Gasteiger partial charge in [0.1, 0.15) is 48.8 Å². The number of carbonyl (C=O) groups is 1. The number of ether oxygens (including phenoxy) is 4. The second-order valence-corrected chi connectivity index (χ2v) is 27.1. The Labute approximate surface area is 551 Å². The zero-order valence-electron chi connectivity index (χ0n) is 57.9. The van der Waals surface area contributed by atoms with E-state index in [-0.39, 0.29) is 12.5 Å². The summed E-state index contributed by atoms with van der Waals surface area (Å²) in [6.07, 6.45) is 61.7. The Kier molecular flexibility index (Phi) is 57.0. The molecule has 2 saturated heterocycles. The lowest BCUT2D eigenvalue weighted by Crippen LogP contribution is -2.65. The molecule has 14 nitrogen and oxygen atoms in total. The number of carbonyl (C=O) groups excluding carboxylic acids is 1. The van der Waals surface area contributed by atoms with Crippen LogP contribution in [0.1, 0.15) is 348 Å². The molecule has 0 aliphatic carbocycles. The summed E-state index contributed by atoms with van der Waals surface area (Å²) in [6.45, 7) is 2.91. The number of amides is 1. The van der Waals surface area contributed by atoms with Crippen molar-refractivity contribution in [1.82, 2.24) is 5.32 Å². The van der Waals surface area contributed by atoms with Crippen LogP contribution in [0.25, 0.3) is 0 Å². The molecule has 2 aliphatic heterocycles. The van der Waals surface area contributed by atoms with Crippen LogP contribution in [0.5, 0.6) is 0 Å². The Balaban J connectivity index is 1.63. The van der Waals surface area contributed by atoms with E-state index < -0.39 is 86.8 Å². The highest BCUT2D eigenvalue weighted by Crippen LogP contribution is 2.30. The monoisotopic (exact) mass is 1280 g/mol. The van der Waals surface area contributed by atoms with E-state index in [4.69, 9.17) is 18.9 Å². The highest BCUT2D eigenvalue weighted by Gasteiger charge is 2.51. The molecule has 0 aromatic heterocycles. The van der Waals surface area contributed by atoms with Crippen molar-refractivity contribution in [2.75, 3.05) is 19.8 Å². The van der Waals surface area contributed by atoms with Crippen LogP contribution < -0.4 is 5.32 Å². The molecule has 0 bridgehead atoms. The molecule has 0 saturated carbocycles. The van der Waals surface area contributed by atoms with E-state index in [1.54, 1.807) is 0 Å². The van der Waals surface area contributed by atoms with E-state index in [0.29, 0.717) is 12.8 Å². The molecule has 0 aromatic rings. The zero-order valence-corrected chi connectivity index (χ0v) is 57.9. The topological polar surface area (TPSA) is 228 Å². The Morgan fingerprint density at radius 3 is 1.12 bits per heavy atom. The third-order valence-electron chi connectivity index (χ3n) is 18.9. The van der Waals surface area contributed by atoms with Gasteiger partial charge in [0.15, 0.2) is 12.6 Å². The van der Waals surface area contributed by atoms with Gasteiger partial charge in [0.2, 0.25) is 5.91 Å². The fraction of sp³-hybridized carbons (Fsp3) is 0.908. The lowest BCUT2D eigenvalue weighted by atomic mass is 9.97. The van der Waals surface area contributed by atoms with Crippen molar-refractivity contribution in [2.45, 2.75) is 421 Å². The van der Waals surface area contributed by atoms with Gasteiger partial charge in [-0.15, -0.1) is 0 Å². The van der Waals surface area contributed by atoms with Crippen molar-refractivity contribution in [1.29, 1.82) is 0 Å². The van der Waals surface area contributed by atoms with Crippen LogP contribution >= 0.6 is 0 Å². The quantitative estimate of drug-likeness (QED) is 0.0204. The fourth-order valence-corrected chi connectivity index (χ4v) is 12.8. The molecule has 9 N–H and O–H groups in total. The maximum atomic E-state index is 13.4. The predicted octanol–water partition coefficient (Wildman–Crippen LogP) is 16.5. The highest BCUT2D eigenvalue weighted by atomic mass is 16.7. The third kappa shape index (κ3) is 44.0. The minimum Gasteiger partial charge on any atom is -0.394 e. The second kappa shape index (κ2) is 60.8. The van der Waals surface area contributed by atoms with Crippen molar-refractivity contribution in [3.05, 3.63) is 36.5 Å². The molecule has 12 unspecified atom stereocenters. The first-order valence-electron chi connectivity index (χ1n) is 38.2. The first kappa shape index (κ1) is 84.3. The third-order valence-corrected chi connectivity index (χ3v) is 18.9. The van der Waals surface area contributed by atoms with Gasteiger partial charge >= 0.3 is 0 Å². The van der Waals surface area contributed by atoms with Crippen molar-refractivity contribution >= 4 is 5.91 Å². The van der Waals surface area contributed by atoms with E-state index >= 15 is 0 Å². The molecule has 0 aromatic carbocycles. The molecule has 1 amide bonds. The molecule has 2 rings (SSSR count). The summed E-state index contributed by atoms with van der Waals surface area (Å²) >= 11 is 0. The van der Waals surface area contributed by atoms with Gasteiger partial charge in [-0.25, -0.2) is 0 Å². The van der Waals surface area contributed by atoms with Gasteiger partial charge in [-0.3, -0.25) is 4.79 Å². The number of hydrogen-bond acceptors (Lipinski definition) is 13. The Bertz CT molecular complexity index is 1650. The molecule has 0 spiro atoms. The maximum Gasteiger partial charge on any atom is 0.220 e. The van der Waals surface area contributed by atoms with Gasteiger partial charge in [-0.1, -0.05) is 326 Å². The second-order valence-electron chi connectivity index (χ2n) is 27.1. The van der Waals surface area contributed by atoms with Gasteiger partial charge in [-0.05, 0) is 51.4 Å². The van der Waals surface area contributed by atoms with E-state index in [0.717, 1.165) is 64.2 Å². The maximum absolute atomic E-state index is 13.4. The largest absolute Gasteiger partial charge is 0.394 e. The van der Waals surface area contributed by atoms with E-state index in [1.165, 1.54) is 257 Å². The zero-order chi connectivity index (χ0) is 65.2. The smallest absolute Gasteiger partial charge is 0.220 e. The summed E-state index contributed by atoms with van der Waals surface area (Å²) < 4.78 is 23.0. The predicted molar refractivity (Wildman–Crippen MR) is 369 cm³/mol. The Morgan fingerprint density at radius 2 is 0.733 bits per heavy atom. The number of rotatable bonds is 64. The van der Waals surface area contributed by atoms with Gasteiger partial charge < -0.3 is 65.1 Å². The molecule has 90 heavy (non-hydrogen) atoms. The lowest BCUT2D eigenvalue weighted by Gasteiger charge is -2.46. The lowest BCUT2D eigenvalue weighted by molar-refractivity contribution is -0.359. The molecule has 2 heterocycles. The van der Waals surface area contributed by atoms with E-state index in [2.05, 4.69) is 55.6 Å². The van der Waals surface area contributed by atoms with Gasteiger partial charge in [0, 0.05) is 6.42 Å². The van der Waals surface area contributed by atoms with Crippen LogP contribution in [0.4, 0.5) is 0 Å². The molecule has 14 heteroatoms. The summed E-state index contributed by atoms with van der Waals surface area (Å²) in [6, 6.07) is -0.830. The normalized spacial score (nSPS) is 23.0. The molecular weight excluding hydrogens is 1130 g/mol. The first-order valence-corrected chi connectivity index (χ1v) is 38.2. The van der Waals surface area contributed by atoms with Gasteiger partial charge in [0.05, 0.1) is 32.0 Å². The minimum atomic E-state index is -1.78. The summed E-state index contributed by atoms with van der Waals surface area (Å²) in [5.74, 6) is -0.201. The Morgan fingerprint density at radius 1 is 0.400 bits per heavy atom. The molecule has 2 fully saturated rings. The number of hydrogen-bond donors (Lipinski definition) is 9. The minimum absolute atomic E-state index is 0.201.